The summed E-state index contributed by atoms with van der Waals surface area (Å²) in [5, 5.41) is 13.5. The summed E-state index contributed by atoms with van der Waals surface area (Å²) in [4.78, 5) is 11.3. The van der Waals surface area contributed by atoms with Gasteiger partial charge in [0.2, 0.25) is 0 Å². The molecule has 1 aromatic carbocycles. The first-order chi connectivity index (χ1) is 8.60. The summed E-state index contributed by atoms with van der Waals surface area (Å²) < 4.78 is 2.64. The maximum Gasteiger partial charge on any atom is 0.179 e. The van der Waals surface area contributed by atoms with Crippen LogP contribution < -0.4 is 0 Å². The molecule has 0 saturated heterocycles. The van der Waals surface area contributed by atoms with Crippen LogP contribution in [0, 0.1) is 0 Å². The Morgan fingerprint density at radius 1 is 1.44 bits per heavy atom. The number of ketones is 1. The van der Waals surface area contributed by atoms with Gasteiger partial charge in [-0.05, 0) is 23.8 Å². The molecule has 0 saturated carbocycles. The fraction of sp³-hybridized carbons (Fsp3) is 0.231. The van der Waals surface area contributed by atoms with Crippen molar-refractivity contribution < 1.29 is 9.90 Å². The van der Waals surface area contributed by atoms with Crippen molar-refractivity contribution in [1.29, 1.82) is 0 Å². The van der Waals surface area contributed by atoms with E-state index in [0.717, 1.165) is 10.0 Å². The standard InChI is InChI=1S/C13H13BrN2O2/c1-9(18)13-6-12(8-17)16(15-13)7-10-3-2-4-11(14)5-10/h2-6,17H,7-8H2,1H3. The largest absolute Gasteiger partial charge is 0.390 e. The Labute approximate surface area is 113 Å². The van der Waals surface area contributed by atoms with Crippen molar-refractivity contribution in [3.8, 4) is 0 Å². The molecule has 0 aliphatic rings. The second-order valence-electron chi connectivity index (χ2n) is 4.02. The van der Waals surface area contributed by atoms with Crippen LogP contribution in [0.5, 0.6) is 0 Å². The third-order valence-electron chi connectivity index (χ3n) is 2.61. The monoisotopic (exact) mass is 308 g/mol. The van der Waals surface area contributed by atoms with Crippen LogP contribution >= 0.6 is 15.9 Å². The van der Waals surface area contributed by atoms with Gasteiger partial charge in [0.1, 0.15) is 5.69 Å². The molecule has 18 heavy (non-hydrogen) atoms. The lowest BCUT2D eigenvalue weighted by atomic mass is 10.2. The Hall–Kier alpha value is -1.46. The van der Waals surface area contributed by atoms with Gasteiger partial charge in [-0.15, -0.1) is 0 Å². The molecule has 1 heterocycles. The number of halogens is 1. The molecule has 0 amide bonds. The van der Waals surface area contributed by atoms with Crippen molar-refractivity contribution in [2.24, 2.45) is 0 Å². The third kappa shape index (κ3) is 2.86. The number of aliphatic hydroxyl groups excluding tert-OH is 1. The summed E-state index contributed by atoms with van der Waals surface area (Å²) in [6.07, 6.45) is 0. The second kappa shape index (κ2) is 5.46. The van der Waals surface area contributed by atoms with E-state index in [0.29, 0.717) is 17.9 Å². The predicted molar refractivity (Wildman–Crippen MR) is 71.4 cm³/mol. The minimum absolute atomic E-state index is 0.0994. The normalized spacial score (nSPS) is 10.6. The summed E-state index contributed by atoms with van der Waals surface area (Å²) >= 11 is 3.41. The fourth-order valence-corrected chi connectivity index (χ4v) is 2.15. The Kier molecular flexibility index (Phi) is 3.93. The van der Waals surface area contributed by atoms with Gasteiger partial charge in [-0.3, -0.25) is 9.48 Å². The van der Waals surface area contributed by atoms with Gasteiger partial charge in [0, 0.05) is 11.4 Å². The number of carbonyl (C=O) groups excluding carboxylic acids is 1. The van der Waals surface area contributed by atoms with E-state index in [1.54, 1.807) is 10.7 Å². The number of hydrogen-bond donors (Lipinski definition) is 1. The molecule has 0 bridgehead atoms. The van der Waals surface area contributed by atoms with Crippen molar-refractivity contribution in [3.63, 3.8) is 0 Å². The molecule has 1 N–H and O–H groups in total. The van der Waals surface area contributed by atoms with Crippen molar-refractivity contribution in [2.45, 2.75) is 20.1 Å². The lowest BCUT2D eigenvalue weighted by molar-refractivity contribution is 0.101. The first kappa shape index (κ1) is 13.0. The first-order valence-electron chi connectivity index (χ1n) is 5.53. The molecule has 0 aliphatic heterocycles. The average molecular weight is 309 g/mol. The van der Waals surface area contributed by atoms with Gasteiger partial charge < -0.3 is 5.11 Å². The highest BCUT2D eigenvalue weighted by molar-refractivity contribution is 9.10. The third-order valence-corrected chi connectivity index (χ3v) is 3.10. The van der Waals surface area contributed by atoms with Crippen LogP contribution in [-0.4, -0.2) is 20.7 Å². The fourth-order valence-electron chi connectivity index (χ4n) is 1.70. The maximum absolute atomic E-state index is 11.3. The van der Waals surface area contributed by atoms with Crippen LogP contribution in [0.25, 0.3) is 0 Å². The van der Waals surface area contributed by atoms with Gasteiger partial charge in [0.15, 0.2) is 5.78 Å². The number of aromatic nitrogens is 2. The number of carbonyl (C=O) groups is 1. The number of nitrogens with zero attached hydrogens (tertiary/aromatic N) is 2. The van der Waals surface area contributed by atoms with E-state index >= 15 is 0 Å². The van der Waals surface area contributed by atoms with Crippen LogP contribution in [0.3, 0.4) is 0 Å². The first-order valence-corrected chi connectivity index (χ1v) is 6.32. The molecule has 2 rings (SSSR count). The van der Waals surface area contributed by atoms with Gasteiger partial charge in [0.25, 0.3) is 0 Å². The zero-order valence-corrected chi connectivity index (χ0v) is 11.5. The van der Waals surface area contributed by atoms with Gasteiger partial charge in [0.05, 0.1) is 18.8 Å². The zero-order valence-electron chi connectivity index (χ0n) is 9.93. The molecule has 0 atom stereocenters. The van der Waals surface area contributed by atoms with Crippen molar-refractivity contribution in [3.05, 3.63) is 51.8 Å². The number of rotatable bonds is 4. The number of hydrogen-bond acceptors (Lipinski definition) is 3. The van der Waals surface area contributed by atoms with E-state index in [1.807, 2.05) is 24.3 Å². The SMILES string of the molecule is CC(=O)c1cc(CO)n(Cc2cccc(Br)c2)n1. The summed E-state index contributed by atoms with van der Waals surface area (Å²) in [5.41, 5.74) is 2.08. The lowest BCUT2D eigenvalue weighted by Gasteiger charge is -2.05. The molecule has 0 fully saturated rings. The summed E-state index contributed by atoms with van der Waals surface area (Å²) in [6, 6.07) is 9.46. The summed E-state index contributed by atoms with van der Waals surface area (Å²) in [6.45, 7) is 1.86. The molecule has 0 radical (unpaired) electrons. The molecule has 4 nitrogen and oxygen atoms in total. The van der Waals surface area contributed by atoms with E-state index in [9.17, 15) is 9.90 Å². The van der Waals surface area contributed by atoms with Gasteiger partial charge in [-0.1, -0.05) is 28.1 Å². The average Bonchev–Trinajstić information content (AvgIpc) is 2.72. The predicted octanol–water partition coefficient (Wildman–Crippen LogP) is 2.39. The molecule has 1 aromatic heterocycles. The quantitative estimate of drug-likeness (QED) is 0.882. The molecular weight excluding hydrogens is 296 g/mol. The Morgan fingerprint density at radius 2 is 2.22 bits per heavy atom. The van der Waals surface area contributed by atoms with Crippen LogP contribution in [-0.2, 0) is 13.2 Å². The smallest absolute Gasteiger partial charge is 0.179 e. The number of Topliss-reactive ketones (excluding diaryl/α,β-unsaturated/α-hetero) is 1. The van der Waals surface area contributed by atoms with Gasteiger partial charge in [-0.2, -0.15) is 5.10 Å². The zero-order chi connectivity index (χ0) is 13.1. The highest BCUT2D eigenvalue weighted by Crippen LogP contribution is 2.14. The number of benzene rings is 1. The number of aliphatic hydroxyl groups is 1. The minimum atomic E-state index is -0.131. The Balaban J connectivity index is 2.30. The molecular formula is C13H13BrN2O2. The molecule has 0 spiro atoms. The van der Waals surface area contributed by atoms with E-state index in [2.05, 4.69) is 21.0 Å². The van der Waals surface area contributed by atoms with Crippen molar-refractivity contribution >= 4 is 21.7 Å². The van der Waals surface area contributed by atoms with Crippen LogP contribution in [0.15, 0.2) is 34.8 Å². The van der Waals surface area contributed by atoms with Gasteiger partial charge >= 0.3 is 0 Å². The van der Waals surface area contributed by atoms with Crippen LogP contribution in [0.1, 0.15) is 28.7 Å². The Bertz CT molecular complexity index is 578. The Morgan fingerprint density at radius 3 is 2.83 bits per heavy atom. The second-order valence-corrected chi connectivity index (χ2v) is 4.94. The summed E-state index contributed by atoms with van der Waals surface area (Å²) in [7, 11) is 0. The van der Waals surface area contributed by atoms with E-state index in [1.165, 1.54) is 6.92 Å². The van der Waals surface area contributed by atoms with E-state index < -0.39 is 0 Å². The van der Waals surface area contributed by atoms with E-state index in [-0.39, 0.29) is 12.4 Å². The molecule has 5 heteroatoms. The lowest BCUT2D eigenvalue weighted by Crippen LogP contribution is -2.07. The highest BCUT2D eigenvalue weighted by Gasteiger charge is 2.10. The maximum atomic E-state index is 11.3. The molecule has 2 aromatic rings. The highest BCUT2D eigenvalue weighted by atomic mass is 79.9. The van der Waals surface area contributed by atoms with Crippen LogP contribution in [0.4, 0.5) is 0 Å². The van der Waals surface area contributed by atoms with Crippen molar-refractivity contribution in [2.75, 3.05) is 0 Å². The van der Waals surface area contributed by atoms with Crippen LogP contribution in [0.2, 0.25) is 0 Å². The minimum Gasteiger partial charge on any atom is -0.390 e. The molecule has 0 aliphatic carbocycles. The molecule has 94 valence electrons. The summed E-state index contributed by atoms with van der Waals surface area (Å²) in [5.74, 6) is -0.0994. The molecule has 0 unspecified atom stereocenters. The van der Waals surface area contributed by atoms with E-state index in [4.69, 9.17) is 0 Å². The van der Waals surface area contributed by atoms with Gasteiger partial charge in [-0.25, -0.2) is 0 Å². The van der Waals surface area contributed by atoms with Crippen molar-refractivity contribution in [1.82, 2.24) is 9.78 Å². The topological polar surface area (TPSA) is 55.1 Å².